The van der Waals surface area contributed by atoms with Crippen molar-refractivity contribution >= 4 is 5.91 Å². The molecule has 6 heteroatoms. The summed E-state index contributed by atoms with van der Waals surface area (Å²) in [5.74, 6) is 0.118. The molecule has 1 spiro atoms. The molecule has 0 atom stereocenters. The summed E-state index contributed by atoms with van der Waals surface area (Å²) in [5.41, 5.74) is 1.33. The predicted octanol–water partition coefficient (Wildman–Crippen LogP) is 2.16. The van der Waals surface area contributed by atoms with Gasteiger partial charge in [-0.1, -0.05) is 0 Å². The average molecular weight is 401 g/mol. The van der Waals surface area contributed by atoms with Gasteiger partial charge in [-0.2, -0.15) is 0 Å². The molecule has 2 aliphatic heterocycles. The van der Waals surface area contributed by atoms with Gasteiger partial charge >= 0.3 is 0 Å². The second-order valence-corrected chi connectivity index (χ2v) is 9.73. The number of pyridine rings is 1. The Morgan fingerprint density at radius 1 is 1.03 bits per heavy atom. The fourth-order valence-electron chi connectivity index (χ4n) is 5.39. The Kier molecular flexibility index (Phi) is 5.96. The Balaban J connectivity index is 1.29. The Hall–Kier alpha value is -1.50. The highest BCUT2D eigenvalue weighted by Crippen LogP contribution is 2.48. The topological polar surface area (TPSA) is 59.9 Å². The predicted molar refractivity (Wildman–Crippen MR) is 114 cm³/mol. The molecule has 0 aromatic carbocycles. The van der Waals surface area contributed by atoms with Gasteiger partial charge in [-0.25, -0.2) is 0 Å². The summed E-state index contributed by atoms with van der Waals surface area (Å²) in [6, 6.07) is 3.72. The fourth-order valence-corrected chi connectivity index (χ4v) is 5.39. The molecule has 6 nitrogen and oxygen atoms in total. The van der Waals surface area contributed by atoms with Crippen LogP contribution < -0.4 is 0 Å². The van der Waals surface area contributed by atoms with Gasteiger partial charge in [-0.3, -0.25) is 14.7 Å². The van der Waals surface area contributed by atoms with Crippen molar-refractivity contribution < 1.29 is 9.90 Å². The zero-order chi connectivity index (χ0) is 20.5. The summed E-state index contributed by atoms with van der Waals surface area (Å²) in [6.45, 7) is 8.70. The number of likely N-dealkylation sites (N-methyl/N-ethyl adjacent to an activating group) is 1. The molecule has 1 aromatic heterocycles. The number of piperazine rings is 1. The Morgan fingerprint density at radius 3 is 2.31 bits per heavy atom. The van der Waals surface area contributed by atoms with Crippen molar-refractivity contribution in [2.24, 2.45) is 5.41 Å². The summed E-state index contributed by atoms with van der Waals surface area (Å²) in [5, 5.41) is 11.2. The summed E-state index contributed by atoms with van der Waals surface area (Å²) < 4.78 is 0. The van der Waals surface area contributed by atoms with Gasteiger partial charge in [-0.05, 0) is 70.0 Å². The van der Waals surface area contributed by atoms with E-state index < -0.39 is 5.60 Å². The van der Waals surface area contributed by atoms with E-state index in [1.54, 1.807) is 6.20 Å². The molecule has 1 N–H and O–H groups in total. The minimum absolute atomic E-state index is 0.118. The monoisotopic (exact) mass is 400 g/mol. The van der Waals surface area contributed by atoms with E-state index in [2.05, 4.69) is 21.8 Å². The SMILES string of the molecule is Cc1ncccc1C(=O)N1CCC2(CC1)CCC(O)(CN1CCN(C)CC1)CC2. The number of nitrogens with zero attached hydrogens (tertiary/aromatic N) is 4. The molecule has 29 heavy (non-hydrogen) atoms. The lowest BCUT2D eigenvalue weighted by molar-refractivity contribution is -0.0718. The van der Waals surface area contributed by atoms with Crippen molar-refractivity contribution in [2.45, 2.75) is 51.0 Å². The van der Waals surface area contributed by atoms with Crippen LogP contribution in [0.4, 0.5) is 0 Å². The molecule has 0 bridgehead atoms. The van der Waals surface area contributed by atoms with Crippen molar-refractivity contribution in [3.63, 3.8) is 0 Å². The van der Waals surface area contributed by atoms with Crippen LogP contribution in [0.25, 0.3) is 0 Å². The van der Waals surface area contributed by atoms with Gasteiger partial charge in [0.15, 0.2) is 0 Å². The Labute approximate surface area is 174 Å². The summed E-state index contributed by atoms with van der Waals surface area (Å²) in [7, 11) is 2.17. The number of piperidine rings is 1. The van der Waals surface area contributed by atoms with Crippen LogP contribution in [0.15, 0.2) is 18.3 Å². The lowest BCUT2D eigenvalue weighted by atomic mass is 9.64. The first-order chi connectivity index (χ1) is 13.9. The number of amides is 1. The second-order valence-electron chi connectivity index (χ2n) is 9.73. The third-order valence-corrected chi connectivity index (χ3v) is 7.70. The molecule has 160 valence electrons. The van der Waals surface area contributed by atoms with Gasteiger partial charge in [0.1, 0.15) is 0 Å². The quantitative estimate of drug-likeness (QED) is 0.843. The minimum atomic E-state index is -0.527. The van der Waals surface area contributed by atoms with E-state index in [4.69, 9.17) is 0 Å². The maximum atomic E-state index is 12.9. The first kappa shape index (κ1) is 20.8. The molecule has 1 saturated carbocycles. The highest BCUT2D eigenvalue weighted by molar-refractivity contribution is 5.95. The summed E-state index contributed by atoms with van der Waals surface area (Å²) in [4.78, 5) is 23.9. The summed E-state index contributed by atoms with van der Waals surface area (Å²) >= 11 is 0. The molecular formula is C23H36N4O2. The summed E-state index contributed by atoms with van der Waals surface area (Å²) in [6.07, 6.45) is 7.83. The molecule has 0 unspecified atom stereocenters. The number of likely N-dealkylation sites (tertiary alicyclic amines) is 1. The zero-order valence-electron chi connectivity index (χ0n) is 18.1. The Morgan fingerprint density at radius 2 is 1.69 bits per heavy atom. The molecule has 1 amide bonds. The molecule has 0 radical (unpaired) electrons. The van der Waals surface area contributed by atoms with Gasteiger partial charge < -0.3 is 14.9 Å². The average Bonchev–Trinajstić information content (AvgIpc) is 2.73. The van der Waals surface area contributed by atoms with E-state index >= 15 is 0 Å². The lowest BCUT2D eigenvalue weighted by Crippen LogP contribution is -2.54. The van der Waals surface area contributed by atoms with Crippen LogP contribution in [0.1, 0.15) is 54.6 Å². The van der Waals surface area contributed by atoms with Crippen molar-refractivity contribution in [2.75, 3.05) is 52.9 Å². The number of aromatic nitrogens is 1. The van der Waals surface area contributed by atoms with E-state index in [0.29, 0.717) is 5.41 Å². The number of aryl methyl sites for hydroxylation is 1. The molecule has 3 heterocycles. The number of hydrogen-bond donors (Lipinski definition) is 1. The normalized spacial score (nSPS) is 25.3. The molecule has 1 aromatic rings. The second kappa shape index (κ2) is 8.32. The van der Waals surface area contributed by atoms with Gasteiger partial charge in [0.25, 0.3) is 5.91 Å². The highest BCUT2D eigenvalue weighted by atomic mass is 16.3. The minimum Gasteiger partial charge on any atom is -0.389 e. The van der Waals surface area contributed by atoms with E-state index in [1.165, 1.54) is 0 Å². The lowest BCUT2D eigenvalue weighted by Gasteiger charge is -2.49. The maximum absolute atomic E-state index is 12.9. The maximum Gasteiger partial charge on any atom is 0.255 e. The van der Waals surface area contributed by atoms with Gasteiger partial charge in [-0.15, -0.1) is 0 Å². The smallest absolute Gasteiger partial charge is 0.255 e. The van der Waals surface area contributed by atoms with E-state index in [1.807, 2.05) is 24.0 Å². The van der Waals surface area contributed by atoms with Crippen molar-refractivity contribution in [1.29, 1.82) is 0 Å². The third kappa shape index (κ3) is 4.65. The number of aliphatic hydroxyl groups is 1. The third-order valence-electron chi connectivity index (χ3n) is 7.70. The number of hydrogen-bond acceptors (Lipinski definition) is 5. The molecule has 4 rings (SSSR count). The van der Waals surface area contributed by atoms with E-state index in [0.717, 1.165) is 95.6 Å². The van der Waals surface area contributed by atoms with Gasteiger partial charge in [0, 0.05) is 57.7 Å². The number of rotatable bonds is 3. The molecule has 2 saturated heterocycles. The van der Waals surface area contributed by atoms with E-state index in [-0.39, 0.29) is 5.91 Å². The fraction of sp³-hybridized carbons (Fsp3) is 0.739. The van der Waals surface area contributed by atoms with Crippen LogP contribution in [0, 0.1) is 12.3 Å². The largest absolute Gasteiger partial charge is 0.389 e. The molecule has 3 aliphatic rings. The van der Waals surface area contributed by atoms with Crippen LogP contribution in [0.2, 0.25) is 0 Å². The first-order valence-corrected chi connectivity index (χ1v) is 11.2. The van der Waals surface area contributed by atoms with Crippen molar-refractivity contribution in [3.05, 3.63) is 29.6 Å². The van der Waals surface area contributed by atoms with Crippen molar-refractivity contribution in [1.82, 2.24) is 19.7 Å². The Bertz CT molecular complexity index is 711. The molecular weight excluding hydrogens is 364 g/mol. The highest BCUT2D eigenvalue weighted by Gasteiger charge is 2.44. The zero-order valence-corrected chi connectivity index (χ0v) is 18.1. The molecule has 3 fully saturated rings. The van der Waals surface area contributed by atoms with Crippen molar-refractivity contribution in [3.8, 4) is 0 Å². The van der Waals surface area contributed by atoms with Crippen LogP contribution >= 0.6 is 0 Å². The van der Waals surface area contributed by atoms with Crippen LogP contribution in [-0.2, 0) is 0 Å². The van der Waals surface area contributed by atoms with Crippen LogP contribution in [-0.4, -0.2) is 89.2 Å². The number of carbonyl (C=O) groups is 1. The molecule has 1 aliphatic carbocycles. The van der Waals surface area contributed by atoms with Gasteiger partial charge in [0.05, 0.1) is 11.2 Å². The van der Waals surface area contributed by atoms with Crippen LogP contribution in [0.5, 0.6) is 0 Å². The number of β-amino-alcohol motifs (C(OH)–C–C–N with tert-alkyl or cyclic N) is 1. The van der Waals surface area contributed by atoms with E-state index in [9.17, 15) is 9.90 Å². The van der Waals surface area contributed by atoms with Crippen LogP contribution in [0.3, 0.4) is 0 Å². The number of carbonyl (C=O) groups excluding carboxylic acids is 1. The first-order valence-electron chi connectivity index (χ1n) is 11.2. The van der Waals surface area contributed by atoms with Gasteiger partial charge in [0.2, 0.25) is 0 Å². The standard InChI is InChI=1S/C23H36N4O2/c1-19-20(4-3-11-24-19)21(28)27-12-9-22(10-13-27)5-7-23(29,8-6-22)18-26-16-14-25(2)15-17-26/h3-4,11,29H,5-10,12-18H2,1-2H3.